The molecule has 1 fully saturated rings. The van der Waals surface area contributed by atoms with Crippen LogP contribution < -0.4 is 5.32 Å². The molecule has 1 aromatic carbocycles. The zero-order valence-electron chi connectivity index (χ0n) is 11.4. The first-order chi connectivity index (χ1) is 9.56. The number of amides is 1. The highest BCUT2D eigenvalue weighted by Crippen LogP contribution is 2.29. The van der Waals surface area contributed by atoms with Gasteiger partial charge < -0.3 is 5.32 Å². The number of hydrogen-bond donors (Lipinski definition) is 1. The fourth-order valence-electron chi connectivity index (χ4n) is 3.15. The lowest BCUT2D eigenvalue weighted by Crippen LogP contribution is -2.21. The number of carbonyl (C=O) groups excluding carboxylic acids is 1. The third-order valence-electron chi connectivity index (χ3n) is 4.25. The van der Waals surface area contributed by atoms with Gasteiger partial charge >= 0.3 is 0 Å². The Kier molecular flexibility index (Phi) is 3.54. The smallest absolute Gasteiger partial charge is 0.227 e. The Bertz CT molecular complexity index is 631. The summed E-state index contributed by atoms with van der Waals surface area (Å²) in [6.45, 7) is 0. The molecule has 1 saturated carbocycles. The zero-order chi connectivity index (χ0) is 14.2. The molecule has 108 valence electrons. The van der Waals surface area contributed by atoms with Gasteiger partial charge in [0.2, 0.25) is 5.91 Å². The average Bonchev–Trinajstić information content (AvgIpc) is 2.92. The molecule has 5 heteroatoms. The van der Waals surface area contributed by atoms with Gasteiger partial charge in [-0.1, -0.05) is 12.8 Å². The summed E-state index contributed by atoms with van der Waals surface area (Å²) in [4.78, 5) is 12.5. The fourth-order valence-corrected chi connectivity index (χ4v) is 4.73. The molecule has 20 heavy (non-hydrogen) atoms. The number of nitrogens with one attached hydrogen (secondary N) is 1. The molecule has 1 aliphatic carbocycles. The van der Waals surface area contributed by atoms with Crippen molar-refractivity contribution < 1.29 is 13.2 Å². The molecule has 1 N–H and O–H groups in total. The van der Waals surface area contributed by atoms with E-state index in [0.717, 1.165) is 43.4 Å². The number of rotatable bonds is 2. The number of benzene rings is 1. The van der Waals surface area contributed by atoms with E-state index in [1.807, 2.05) is 6.07 Å². The van der Waals surface area contributed by atoms with Crippen LogP contribution in [0.4, 0.5) is 5.69 Å². The van der Waals surface area contributed by atoms with Gasteiger partial charge in [-0.25, -0.2) is 8.42 Å². The van der Waals surface area contributed by atoms with Crippen LogP contribution in [0.2, 0.25) is 0 Å². The molecule has 0 spiro atoms. The Morgan fingerprint density at radius 3 is 2.65 bits per heavy atom. The first-order valence-corrected chi connectivity index (χ1v) is 8.88. The highest BCUT2D eigenvalue weighted by atomic mass is 32.2. The molecule has 0 unspecified atom stereocenters. The molecule has 0 saturated heterocycles. The van der Waals surface area contributed by atoms with Crippen molar-refractivity contribution in [2.45, 2.75) is 43.4 Å². The van der Waals surface area contributed by atoms with E-state index < -0.39 is 9.84 Å². The normalized spacial score (nSPS) is 21.4. The maximum atomic E-state index is 12.1. The van der Waals surface area contributed by atoms with E-state index >= 15 is 0 Å². The molecule has 1 aromatic rings. The molecule has 0 aromatic heterocycles. The van der Waals surface area contributed by atoms with Gasteiger partial charge in [-0.3, -0.25) is 4.79 Å². The third kappa shape index (κ3) is 2.59. The maximum Gasteiger partial charge on any atom is 0.227 e. The summed E-state index contributed by atoms with van der Waals surface area (Å²) < 4.78 is 23.9. The van der Waals surface area contributed by atoms with Crippen LogP contribution in [0.15, 0.2) is 23.1 Å². The van der Waals surface area contributed by atoms with Crippen LogP contribution in [0.5, 0.6) is 0 Å². The standard InChI is InChI=1S/C15H19NO3S/c17-15(11-4-1-2-5-11)16-13-7-8-14-12(10-13)6-3-9-20(14,18)19/h7-8,10-11H,1-6,9H2,(H,16,17). The van der Waals surface area contributed by atoms with Crippen LogP contribution in [0, 0.1) is 5.92 Å². The SMILES string of the molecule is O=C(Nc1ccc2c(c1)CCCS2(=O)=O)C1CCCC1. The summed E-state index contributed by atoms with van der Waals surface area (Å²) in [6, 6.07) is 5.15. The molecule has 1 aliphatic heterocycles. The molecule has 4 nitrogen and oxygen atoms in total. The van der Waals surface area contributed by atoms with Gasteiger partial charge in [0.25, 0.3) is 0 Å². The summed E-state index contributed by atoms with van der Waals surface area (Å²) in [6.07, 6.45) is 5.61. The van der Waals surface area contributed by atoms with E-state index in [9.17, 15) is 13.2 Å². The van der Waals surface area contributed by atoms with E-state index in [4.69, 9.17) is 0 Å². The molecule has 2 aliphatic rings. The van der Waals surface area contributed by atoms with E-state index in [-0.39, 0.29) is 17.6 Å². The van der Waals surface area contributed by atoms with E-state index in [0.29, 0.717) is 11.3 Å². The predicted octanol–water partition coefficient (Wildman–Crippen LogP) is 2.54. The Morgan fingerprint density at radius 2 is 1.90 bits per heavy atom. The van der Waals surface area contributed by atoms with Crippen molar-refractivity contribution in [1.29, 1.82) is 0 Å². The van der Waals surface area contributed by atoms with E-state index in [1.165, 1.54) is 0 Å². The Balaban J connectivity index is 1.80. The van der Waals surface area contributed by atoms with Crippen molar-refractivity contribution >= 4 is 21.4 Å². The fraction of sp³-hybridized carbons (Fsp3) is 0.533. The summed E-state index contributed by atoms with van der Waals surface area (Å²) in [5.41, 5.74) is 1.55. The number of sulfone groups is 1. The number of aryl methyl sites for hydroxylation is 1. The van der Waals surface area contributed by atoms with Crippen molar-refractivity contribution in [3.8, 4) is 0 Å². The second-order valence-corrected chi connectivity index (χ2v) is 7.79. The molecule has 0 radical (unpaired) electrons. The van der Waals surface area contributed by atoms with Gasteiger partial charge in [-0.05, 0) is 49.4 Å². The first kappa shape index (κ1) is 13.6. The van der Waals surface area contributed by atoms with Crippen LogP contribution in [0.3, 0.4) is 0 Å². The monoisotopic (exact) mass is 293 g/mol. The van der Waals surface area contributed by atoms with Crippen LogP contribution >= 0.6 is 0 Å². The summed E-state index contributed by atoms with van der Waals surface area (Å²) in [5.74, 6) is 0.421. The molecule has 1 amide bonds. The number of carbonyl (C=O) groups is 1. The van der Waals surface area contributed by atoms with Gasteiger partial charge in [-0.2, -0.15) is 0 Å². The minimum Gasteiger partial charge on any atom is -0.326 e. The number of anilines is 1. The van der Waals surface area contributed by atoms with Crippen LogP contribution in [-0.2, 0) is 21.1 Å². The lowest BCUT2D eigenvalue weighted by molar-refractivity contribution is -0.119. The van der Waals surface area contributed by atoms with Crippen LogP contribution in [-0.4, -0.2) is 20.1 Å². The topological polar surface area (TPSA) is 63.2 Å². The van der Waals surface area contributed by atoms with Gasteiger partial charge in [0.05, 0.1) is 10.6 Å². The zero-order valence-corrected chi connectivity index (χ0v) is 12.2. The van der Waals surface area contributed by atoms with Crippen molar-refractivity contribution in [3.05, 3.63) is 23.8 Å². The van der Waals surface area contributed by atoms with E-state index in [2.05, 4.69) is 5.32 Å². The highest BCUT2D eigenvalue weighted by Gasteiger charge is 2.25. The lowest BCUT2D eigenvalue weighted by atomic mass is 10.1. The maximum absolute atomic E-state index is 12.1. The van der Waals surface area contributed by atoms with Gasteiger partial charge in [0, 0.05) is 11.6 Å². The number of hydrogen-bond acceptors (Lipinski definition) is 3. The van der Waals surface area contributed by atoms with Crippen molar-refractivity contribution in [3.63, 3.8) is 0 Å². The molecule has 1 heterocycles. The van der Waals surface area contributed by atoms with Gasteiger partial charge in [0.15, 0.2) is 9.84 Å². The summed E-state index contributed by atoms with van der Waals surface area (Å²) in [7, 11) is -3.12. The second-order valence-electron chi connectivity index (χ2n) is 5.72. The minimum atomic E-state index is -3.12. The highest BCUT2D eigenvalue weighted by molar-refractivity contribution is 7.91. The lowest BCUT2D eigenvalue weighted by Gasteiger charge is -2.18. The van der Waals surface area contributed by atoms with Crippen molar-refractivity contribution in [2.24, 2.45) is 5.92 Å². The van der Waals surface area contributed by atoms with Gasteiger partial charge in [0.1, 0.15) is 0 Å². The average molecular weight is 293 g/mol. The summed E-state index contributed by atoms with van der Waals surface area (Å²) >= 11 is 0. The first-order valence-electron chi connectivity index (χ1n) is 7.23. The molecular formula is C15H19NO3S. The molecule has 3 rings (SSSR count). The van der Waals surface area contributed by atoms with Crippen molar-refractivity contribution in [1.82, 2.24) is 0 Å². The molecule has 0 atom stereocenters. The Hall–Kier alpha value is -1.36. The van der Waals surface area contributed by atoms with Crippen LogP contribution in [0.25, 0.3) is 0 Å². The predicted molar refractivity (Wildman–Crippen MR) is 77.4 cm³/mol. The molecule has 0 bridgehead atoms. The third-order valence-corrected chi connectivity index (χ3v) is 6.14. The van der Waals surface area contributed by atoms with Crippen LogP contribution in [0.1, 0.15) is 37.7 Å². The second kappa shape index (κ2) is 5.20. The largest absolute Gasteiger partial charge is 0.326 e. The van der Waals surface area contributed by atoms with E-state index in [1.54, 1.807) is 12.1 Å². The minimum absolute atomic E-state index is 0.0705. The quantitative estimate of drug-likeness (QED) is 0.911. The number of fused-ring (bicyclic) bond motifs is 1. The Morgan fingerprint density at radius 1 is 1.15 bits per heavy atom. The molecular weight excluding hydrogens is 274 g/mol. The Labute approximate surface area is 119 Å². The summed E-state index contributed by atoms with van der Waals surface area (Å²) in [5, 5.41) is 2.93. The van der Waals surface area contributed by atoms with Crippen molar-refractivity contribution in [2.75, 3.05) is 11.1 Å². The van der Waals surface area contributed by atoms with Gasteiger partial charge in [-0.15, -0.1) is 0 Å².